The Morgan fingerprint density at radius 1 is 1.24 bits per heavy atom. The molecule has 0 spiro atoms. The van der Waals surface area contributed by atoms with E-state index in [1.165, 1.54) is 6.26 Å². The van der Waals surface area contributed by atoms with Crippen LogP contribution in [-0.4, -0.2) is 51.8 Å². The van der Waals surface area contributed by atoms with Gasteiger partial charge in [-0.3, -0.25) is 14.6 Å². The third-order valence-corrected chi connectivity index (χ3v) is 6.22. The third kappa shape index (κ3) is 3.74. The van der Waals surface area contributed by atoms with Crippen LogP contribution in [0.1, 0.15) is 29.9 Å². The van der Waals surface area contributed by atoms with Crippen molar-refractivity contribution in [2.45, 2.75) is 33.1 Å². The summed E-state index contributed by atoms with van der Waals surface area (Å²) in [5.74, 6) is 0.260. The summed E-state index contributed by atoms with van der Waals surface area (Å²) in [5, 5.41) is 4.48. The quantitative estimate of drug-likeness (QED) is 0.826. The van der Waals surface area contributed by atoms with E-state index in [2.05, 4.69) is 15.1 Å². The Balaban J connectivity index is 1.89. The summed E-state index contributed by atoms with van der Waals surface area (Å²) in [4.78, 5) is 9.13. The van der Waals surface area contributed by atoms with Crippen molar-refractivity contribution >= 4 is 10.0 Å². The van der Waals surface area contributed by atoms with Crippen molar-refractivity contribution in [2.24, 2.45) is 13.0 Å². The minimum Gasteiger partial charge on any atom is -0.272 e. The Hall–Kier alpha value is -1.80. The number of hydrogen-bond donors (Lipinski definition) is 0. The minimum atomic E-state index is -3.14. The van der Waals surface area contributed by atoms with Gasteiger partial charge in [0.05, 0.1) is 23.3 Å². The Morgan fingerprint density at radius 2 is 1.96 bits per heavy atom. The largest absolute Gasteiger partial charge is 0.272 e. The second-order valence-corrected chi connectivity index (χ2v) is 8.84. The summed E-state index contributed by atoms with van der Waals surface area (Å²) in [5.41, 5.74) is 4.80. The number of aryl methyl sites for hydroxylation is 2. The summed E-state index contributed by atoms with van der Waals surface area (Å²) in [6.07, 6.45) is 7.31. The Bertz CT molecular complexity index is 875. The number of hydrogen-bond acceptors (Lipinski definition) is 5. The molecule has 0 bridgehead atoms. The normalized spacial score (nSPS) is 19.3. The molecule has 0 aromatic carbocycles. The molecule has 1 saturated heterocycles. The molecule has 1 atom stereocenters. The van der Waals surface area contributed by atoms with Crippen LogP contribution >= 0.6 is 0 Å². The van der Waals surface area contributed by atoms with Crippen molar-refractivity contribution in [3.05, 3.63) is 29.5 Å². The fourth-order valence-corrected chi connectivity index (χ4v) is 4.55. The fraction of sp³-hybridized carbons (Fsp3) is 0.588. The number of aromatic nitrogens is 4. The molecule has 7 nitrogen and oxygen atoms in total. The SMILES string of the molecule is Cc1nn(C)c(C)c1-c1nccnc1C[C@@H]1CCCN(S(C)(=O)=O)C1. The molecule has 0 radical (unpaired) electrons. The molecule has 8 heteroatoms. The van der Waals surface area contributed by atoms with E-state index in [4.69, 9.17) is 0 Å². The summed E-state index contributed by atoms with van der Waals surface area (Å²) in [7, 11) is -1.22. The van der Waals surface area contributed by atoms with Gasteiger partial charge in [0.2, 0.25) is 10.0 Å². The molecular formula is C17H25N5O2S. The van der Waals surface area contributed by atoms with Gasteiger partial charge in [0, 0.05) is 43.8 Å². The molecule has 1 aliphatic heterocycles. The van der Waals surface area contributed by atoms with E-state index >= 15 is 0 Å². The summed E-state index contributed by atoms with van der Waals surface area (Å²) in [6.45, 7) is 5.18. The summed E-state index contributed by atoms with van der Waals surface area (Å²) >= 11 is 0. The van der Waals surface area contributed by atoms with Crippen molar-refractivity contribution in [1.82, 2.24) is 24.1 Å². The van der Waals surface area contributed by atoms with E-state index in [9.17, 15) is 8.42 Å². The second kappa shape index (κ2) is 6.84. The van der Waals surface area contributed by atoms with Crippen LogP contribution < -0.4 is 0 Å². The molecular weight excluding hydrogens is 338 g/mol. The first-order chi connectivity index (χ1) is 11.8. The standard InChI is InChI=1S/C17H25N5O2S/c1-12-16(13(2)21(3)20-12)17-15(18-7-8-19-17)10-14-6-5-9-22(11-14)25(4,23)24/h7-8,14H,5-6,9-11H2,1-4H3/t14-/m0/s1. The van der Waals surface area contributed by atoms with Gasteiger partial charge in [0.1, 0.15) is 0 Å². The van der Waals surface area contributed by atoms with Crippen molar-refractivity contribution < 1.29 is 8.42 Å². The molecule has 1 aliphatic rings. The van der Waals surface area contributed by atoms with Crippen LogP contribution in [0.5, 0.6) is 0 Å². The van der Waals surface area contributed by atoms with Gasteiger partial charge in [-0.2, -0.15) is 5.10 Å². The predicted molar refractivity (Wildman–Crippen MR) is 96.6 cm³/mol. The van der Waals surface area contributed by atoms with Crippen LogP contribution in [0, 0.1) is 19.8 Å². The Kier molecular flexibility index (Phi) is 4.92. The lowest BCUT2D eigenvalue weighted by atomic mass is 9.92. The van der Waals surface area contributed by atoms with Gasteiger partial charge in [0.25, 0.3) is 0 Å². The number of rotatable bonds is 4. The van der Waals surface area contributed by atoms with Gasteiger partial charge in [0.15, 0.2) is 0 Å². The number of sulfonamides is 1. The van der Waals surface area contributed by atoms with Crippen molar-refractivity contribution in [1.29, 1.82) is 0 Å². The summed E-state index contributed by atoms with van der Waals surface area (Å²) < 4.78 is 27.1. The lowest BCUT2D eigenvalue weighted by Crippen LogP contribution is -2.39. The first-order valence-electron chi connectivity index (χ1n) is 8.53. The van der Waals surface area contributed by atoms with Crippen molar-refractivity contribution in [3.8, 4) is 11.3 Å². The lowest BCUT2D eigenvalue weighted by molar-refractivity contribution is 0.265. The van der Waals surface area contributed by atoms with Crippen molar-refractivity contribution in [3.63, 3.8) is 0 Å². The smallest absolute Gasteiger partial charge is 0.211 e. The Morgan fingerprint density at radius 3 is 2.60 bits per heavy atom. The van der Waals surface area contributed by atoms with E-state index in [0.717, 1.165) is 47.6 Å². The van der Waals surface area contributed by atoms with Gasteiger partial charge >= 0.3 is 0 Å². The molecule has 3 rings (SSSR count). The number of piperidine rings is 1. The van der Waals surface area contributed by atoms with Gasteiger partial charge in [-0.05, 0) is 39.0 Å². The minimum absolute atomic E-state index is 0.260. The van der Waals surface area contributed by atoms with E-state index in [1.54, 1.807) is 16.7 Å². The van der Waals surface area contributed by atoms with Crippen LogP contribution in [-0.2, 0) is 23.5 Å². The first-order valence-corrected chi connectivity index (χ1v) is 10.4. The van der Waals surface area contributed by atoms with Crippen molar-refractivity contribution in [2.75, 3.05) is 19.3 Å². The second-order valence-electron chi connectivity index (χ2n) is 6.85. The topological polar surface area (TPSA) is 81.0 Å². The highest BCUT2D eigenvalue weighted by atomic mass is 32.2. The molecule has 0 N–H and O–H groups in total. The fourth-order valence-electron chi connectivity index (χ4n) is 3.61. The molecule has 0 amide bonds. The van der Waals surface area contributed by atoms with E-state index < -0.39 is 10.0 Å². The molecule has 3 heterocycles. The maximum Gasteiger partial charge on any atom is 0.211 e. The number of nitrogens with zero attached hydrogens (tertiary/aromatic N) is 5. The molecule has 2 aromatic rings. The molecule has 136 valence electrons. The maximum absolute atomic E-state index is 11.9. The zero-order chi connectivity index (χ0) is 18.2. The molecule has 0 saturated carbocycles. The van der Waals surface area contributed by atoms with Crippen LogP contribution in [0.15, 0.2) is 12.4 Å². The van der Waals surface area contributed by atoms with Gasteiger partial charge in [-0.1, -0.05) is 0 Å². The van der Waals surface area contributed by atoms with Gasteiger partial charge in [-0.15, -0.1) is 0 Å². The zero-order valence-electron chi connectivity index (χ0n) is 15.2. The van der Waals surface area contributed by atoms with E-state index in [0.29, 0.717) is 13.1 Å². The average molecular weight is 363 g/mol. The maximum atomic E-state index is 11.9. The lowest BCUT2D eigenvalue weighted by Gasteiger charge is -2.31. The van der Waals surface area contributed by atoms with Crippen LogP contribution in [0.2, 0.25) is 0 Å². The molecule has 25 heavy (non-hydrogen) atoms. The van der Waals surface area contributed by atoms with E-state index in [-0.39, 0.29) is 5.92 Å². The monoisotopic (exact) mass is 363 g/mol. The van der Waals surface area contributed by atoms with Gasteiger partial charge < -0.3 is 0 Å². The highest BCUT2D eigenvalue weighted by Gasteiger charge is 2.27. The van der Waals surface area contributed by atoms with Crippen LogP contribution in [0.25, 0.3) is 11.3 Å². The van der Waals surface area contributed by atoms with Crippen LogP contribution in [0.4, 0.5) is 0 Å². The molecule has 1 fully saturated rings. The van der Waals surface area contributed by atoms with Gasteiger partial charge in [-0.25, -0.2) is 12.7 Å². The predicted octanol–water partition coefficient (Wildman–Crippen LogP) is 1.71. The highest BCUT2D eigenvalue weighted by molar-refractivity contribution is 7.88. The average Bonchev–Trinajstić information content (AvgIpc) is 2.80. The third-order valence-electron chi connectivity index (χ3n) is 4.95. The van der Waals surface area contributed by atoms with Crippen LogP contribution in [0.3, 0.4) is 0 Å². The molecule has 0 aliphatic carbocycles. The molecule has 2 aromatic heterocycles. The highest BCUT2D eigenvalue weighted by Crippen LogP contribution is 2.30. The van der Waals surface area contributed by atoms with E-state index in [1.807, 2.05) is 25.6 Å². The molecule has 0 unspecified atom stereocenters. The summed E-state index contributed by atoms with van der Waals surface area (Å²) in [6, 6.07) is 0. The Labute approximate surface area is 149 Å². The first kappa shape index (κ1) is 18.0. The zero-order valence-corrected chi connectivity index (χ0v) is 16.0.